The predicted octanol–water partition coefficient (Wildman–Crippen LogP) is 2.82. The summed E-state index contributed by atoms with van der Waals surface area (Å²) in [7, 11) is 1.97. The average Bonchev–Trinajstić information content (AvgIpc) is 3.29. The quantitative estimate of drug-likeness (QED) is 0.685. The van der Waals surface area contributed by atoms with Crippen LogP contribution in [-0.4, -0.2) is 95.9 Å². The summed E-state index contributed by atoms with van der Waals surface area (Å²) in [6.45, 7) is 9.56. The van der Waals surface area contributed by atoms with Gasteiger partial charge < -0.3 is 9.80 Å². The monoisotopic (exact) mass is 432 g/mol. The number of carbonyl (C=O) groups excluding carboxylic acids is 2. The Morgan fingerprint density at radius 2 is 1.32 bits per heavy atom. The van der Waals surface area contributed by atoms with Crippen LogP contribution in [0.25, 0.3) is 0 Å². The molecule has 0 aromatic rings. The highest BCUT2D eigenvalue weighted by atomic mass is 16.2. The third-order valence-corrected chi connectivity index (χ3v) is 9.07. The van der Waals surface area contributed by atoms with Gasteiger partial charge in [-0.1, -0.05) is 25.7 Å². The van der Waals surface area contributed by atoms with Gasteiger partial charge in [0.15, 0.2) is 0 Å². The molecular weight excluding hydrogens is 388 g/mol. The number of carbonyl (C=O) groups is 2. The smallest absolute Gasteiger partial charge is 0.219 e. The van der Waals surface area contributed by atoms with Gasteiger partial charge in [0.05, 0.1) is 0 Å². The van der Waals surface area contributed by atoms with Crippen molar-refractivity contribution in [3.8, 4) is 0 Å². The molecule has 5 atom stereocenters. The summed E-state index contributed by atoms with van der Waals surface area (Å²) in [5, 5.41) is 0. The minimum Gasteiger partial charge on any atom is -0.342 e. The maximum absolute atomic E-state index is 11.8. The van der Waals surface area contributed by atoms with Gasteiger partial charge in [-0.15, -0.1) is 0 Å². The Labute approximate surface area is 189 Å². The van der Waals surface area contributed by atoms with E-state index in [1.807, 2.05) is 16.8 Å². The number of likely N-dealkylation sites (tertiary alicyclic amines) is 1. The standard InChI is InChI=1S/C25H44N4O2/c1-19(30)26(3)25-10-11-29(18-25)24-9-5-7-22(17-24)21-6-4-8-23(16-21)28-14-12-27(13-15-28)20(2)31/h21-25H,4-18H2,1-3H3. The first kappa shape index (κ1) is 23.0. The number of hydrogen-bond acceptors (Lipinski definition) is 4. The van der Waals surface area contributed by atoms with E-state index >= 15 is 0 Å². The Morgan fingerprint density at radius 3 is 1.87 bits per heavy atom. The Balaban J connectivity index is 1.28. The normalized spacial score (nSPS) is 35.8. The SMILES string of the molecule is CC(=O)N1CCN(C2CCCC(C3CCCC(N4CCC(N(C)C(C)=O)C4)C3)C2)CC1. The van der Waals surface area contributed by atoms with E-state index in [1.54, 1.807) is 13.8 Å². The van der Waals surface area contributed by atoms with Crippen LogP contribution in [0.3, 0.4) is 0 Å². The lowest BCUT2D eigenvalue weighted by Crippen LogP contribution is -2.52. The van der Waals surface area contributed by atoms with Crippen LogP contribution in [0.4, 0.5) is 0 Å². The second-order valence-corrected chi connectivity index (χ2v) is 10.8. The summed E-state index contributed by atoms with van der Waals surface area (Å²) in [6.07, 6.45) is 12.1. The number of nitrogens with zero attached hydrogens (tertiary/aromatic N) is 4. The van der Waals surface area contributed by atoms with Gasteiger partial charge in [0.1, 0.15) is 0 Å². The third kappa shape index (κ3) is 5.44. The highest BCUT2D eigenvalue weighted by Crippen LogP contribution is 2.41. The van der Waals surface area contributed by atoms with Crippen molar-refractivity contribution in [3.63, 3.8) is 0 Å². The second kappa shape index (κ2) is 10.2. The zero-order valence-electron chi connectivity index (χ0n) is 20.1. The van der Waals surface area contributed by atoms with E-state index in [9.17, 15) is 9.59 Å². The lowest BCUT2D eigenvalue weighted by atomic mass is 9.70. The first-order valence-corrected chi connectivity index (χ1v) is 12.9. The van der Waals surface area contributed by atoms with Gasteiger partial charge >= 0.3 is 0 Å². The molecule has 2 heterocycles. The summed E-state index contributed by atoms with van der Waals surface area (Å²) in [4.78, 5) is 32.8. The number of rotatable bonds is 4. The molecule has 0 aromatic heterocycles. The van der Waals surface area contributed by atoms with Gasteiger partial charge in [-0.05, 0) is 43.9 Å². The molecule has 6 nitrogen and oxygen atoms in total. The average molecular weight is 433 g/mol. The molecule has 2 saturated heterocycles. The zero-order chi connectivity index (χ0) is 22.0. The van der Waals surface area contributed by atoms with Crippen molar-refractivity contribution in [2.75, 3.05) is 46.3 Å². The van der Waals surface area contributed by atoms with Crippen molar-refractivity contribution in [1.29, 1.82) is 0 Å². The van der Waals surface area contributed by atoms with Gasteiger partial charge in [-0.2, -0.15) is 0 Å². The lowest BCUT2D eigenvalue weighted by molar-refractivity contribution is -0.131. The highest BCUT2D eigenvalue weighted by Gasteiger charge is 2.38. The van der Waals surface area contributed by atoms with Crippen LogP contribution in [0.15, 0.2) is 0 Å². The Kier molecular flexibility index (Phi) is 7.58. The molecule has 2 amide bonds. The molecule has 2 aliphatic carbocycles. The van der Waals surface area contributed by atoms with E-state index in [2.05, 4.69) is 9.80 Å². The second-order valence-electron chi connectivity index (χ2n) is 10.8. The molecule has 0 N–H and O–H groups in total. The summed E-state index contributed by atoms with van der Waals surface area (Å²) in [5.41, 5.74) is 0. The van der Waals surface area contributed by atoms with Crippen molar-refractivity contribution in [1.82, 2.24) is 19.6 Å². The minimum absolute atomic E-state index is 0.200. The first-order chi connectivity index (χ1) is 14.9. The Bertz CT molecular complexity index is 633. The molecule has 0 spiro atoms. The Morgan fingerprint density at radius 1 is 0.742 bits per heavy atom. The van der Waals surface area contributed by atoms with Gasteiger partial charge in [-0.3, -0.25) is 19.4 Å². The number of likely N-dealkylation sites (N-methyl/N-ethyl adjacent to an activating group) is 1. The Hall–Kier alpha value is -1.14. The third-order valence-electron chi connectivity index (χ3n) is 9.07. The van der Waals surface area contributed by atoms with E-state index in [0.717, 1.165) is 69.6 Å². The molecule has 4 fully saturated rings. The lowest BCUT2D eigenvalue weighted by Gasteiger charge is -2.45. The molecular formula is C25H44N4O2. The van der Waals surface area contributed by atoms with Crippen LogP contribution in [0.2, 0.25) is 0 Å². The van der Waals surface area contributed by atoms with Crippen molar-refractivity contribution in [2.45, 2.75) is 89.8 Å². The van der Waals surface area contributed by atoms with E-state index in [4.69, 9.17) is 0 Å². The van der Waals surface area contributed by atoms with Crippen LogP contribution < -0.4 is 0 Å². The summed E-state index contributed by atoms with van der Waals surface area (Å²) in [6, 6.07) is 1.86. The van der Waals surface area contributed by atoms with Gasteiger partial charge in [0, 0.05) is 78.3 Å². The highest BCUT2D eigenvalue weighted by molar-refractivity contribution is 5.73. The summed E-state index contributed by atoms with van der Waals surface area (Å²) >= 11 is 0. The molecule has 0 bridgehead atoms. The molecule has 0 radical (unpaired) electrons. The van der Waals surface area contributed by atoms with E-state index in [1.165, 1.54) is 51.4 Å². The van der Waals surface area contributed by atoms with Crippen LogP contribution >= 0.6 is 0 Å². The molecule has 5 unspecified atom stereocenters. The molecule has 4 rings (SSSR count). The topological polar surface area (TPSA) is 47.1 Å². The predicted molar refractivity (Wildman–Crippen MR) is 124 cm³/mol. The molecule has 2 aliphatic heterocycles. The molecule has 31 heavy (non-hydrogen) atoms. The van der Waals surface area contributed by atoms with Crippen molar-refractivity contribution in [2.24, 2.45) is 11.8 Å². The maximum Gasteiger partial charge on any atom is 0.219 e. The zero-order valence-corrected chi connectivity index (χ0v) is 20.1. The summed E-state index contributed by atoms with van der Waals surface area (Å²) < 4.78 is 0. The molecule has 6 heteroatoms. The van der Waals surface area contributed by atoms with Crippen molar-refractivity contribution < 1.29 is 9.59 Å². The number of piperazine rings is 1. The van der Waals surface area contributed by atoms with E-state index in [0.29, 0.717) is 6.04 Å². The number of amides is 2. The van der Waals surface area contributed by atoms with Crippen LogP contribution in [0.1, 0.15) is 71.6 Å². The molecule has 4 aliphatic rings. The number of hydrogen-bond donors (Lipinski definition) is 0. The van der Waals surface area contributed by atoms with Crippen LogP contribution in [0, 0.1) is 11.8 Å². The van der Waals surface area contributed by atoms with Crippen LogP contribution in [0.5, 0.6) is 0 Å². The first-order valence-electron chi connectivity index (χ1n) is 12.9. The van der Waals surface area contributed by atoms with Gasteiger partial charge in [0.2, 0.25) is 11.8 Å². The van der Waals surface area contributed by atoms with Crippen LogP contribution in [-0.2, 0) is 9.59 Å². The van der Waals surface area contributed by atoms with E-state index < -0.39 is 0 Å². The maximum atomic E-state index is 11.8. The van der Waals surface area contributed by atoms with Gasteiger partial charge in [0.25, 0.3) is 0 Å². The summed E-state index contributed by atoms with van der Waals surface area (Å²) in [5.74, 6) is 2.19. The fourth-order valence-electron chi connectivity index (χ4n) is 7.00. The molecule has 176 valence electrons. The fraction of sp³-hybridized carbons (Fsp3) is 0.920. The minimum atomic E-state index is 0.200. The van der Waals surface area contributed by atoms with Gasteiger partial charge in [-0.25, -0.2) is 0 Å². The van der Waals surface area contributed by atoms with E-state index in [-0.39, 0.29) is 11.8 Å². The van der Waals surface area contributed by atoms with Crippen molar-refractivity contribution >= 4 is 11.8 Å². The fourth-order valence-corrected chi connectivity index (χ4v) is 7.00. The largest absolute Gasteiger partial charge is 0.342 e. The molecule has 0 aromatic carbocycles. The van der Waals surface area contributed by atoms with Crippen molar-refractivity contribution in [3.05, 3.63) is 0 Å². The molecule has 2 saturated carbocycles.